The fourth-order valence-corrected chi connectivity index (χ4v) is 1.88. The number of anilines is 1. The zero-order valence-electron chi connectivity index (χ0n) is 11.3. The fraction of sp³-hybridized carbons (Fsp3) is 0.188. The number of hydrogen-bond acceptors (Lipinski definition) is 4. The van der Waals surface area contributed by atoms with Crippen LogP contribution in [0.25, 0.3) is 0 Å². The van der Waals surface area contributed by atoms with Gasteiger partial charge in [0.15, 0.2) is 5.78 Å². The summed E-state index contributed by atoms with van der Waals surface area (Å²) in [5, 5.41) is 21.1. The molecule has 4 nitrogen and oxygen atoms in total. The number of nitrogens with one attached hydrogen (secondary N) is 1. The first-order chi connectivity index (χ1) is 10.1. The summed E-state index contributed by atoms with van der Waals surface area (Å²) in [6.45, 7) is -0.231. The maximum Gasteiger partial charge on any atom is 0.195 e. The zero-order valence-corrected chi connectivity index (χ0v) is 11.3. The third-order valence-corrected chi connectivity index (χ3v) is 3.02. The molecule has 0 spiro atoms. The molecule has 21 heavy (non-hydrogen) atoms. The highest BCUT2D eigenvalue weighted by Crippen LogP contribution is 2.19. The number of carbonyl (C=O) groups is 1. The van der Waals surface area contributed by atoms with E-state index in [0.717, 1.165) is 0 Å². The molecule has 2 aromatic carbocycles. The molecule has 0 fully saturated rings. The molecule has 0 radical (unpaired) electrons. The molecule has 2 aromatic rings. The van der Waals surface area contributed by atoms with Crippen molar-refractivity contribution in [3.63, 3.8) is 0 Å². The zero-order chi connectivity index (χ0) is 15.2. The second kappa shape index (κ2) is 6.97. The van der Waals surface area contributed by atoms with Crippen molar-refractivity contribution in [3.8, 4) is 0 Å². The smallest absolute Gasteiger partial charge is 0.195 e. The number of carbonyl (C=O) groups excluding carboxylic acids is 1. The second-order valence-electron chi connectivity index (χ2n) is 4.60. The van der Waals surface area contributed by atoms with Crippen molar-refractivity contribution in [2.75, 3.05) is 18.5 Å². The average Bonchev–Trinajstić information content (AvgIpc) is 2.53. The van der Waals surface area contributed by atoms with Gasteiger partial charge in [-0.15, -0.1) is 0 Å². The third-order valence-electron chi connectivity index (χ3n) is 3.02. The predicted molar refractivity (Wildman–Crippen MR) is 77.9 cm³/mol. The maximum atomic E-state index is 12.9. The summed E-state index contributed by atoms with van der Waals surface area (Å²) < 4.78 is 12.9. The Hall–Kier alpha value is -2.24. The van der Waals surface area contributed by atoms with E-state index in [2.05, 4.69) is 5.32 Å². The van der Waals surface area contributed by atoms with Gasteiger partial charge in [-0.1, -0.05) is 12.1 Å². The van der Waals surface area contributed by atoms with Crippen LogP contribution in [0.1, 0.15) is 15.9 Å². The number of hydrogen-bond donors (Lipinski definition) is 3. The Kier molecular flexibility index (Phi) is 5.03. The first-order valence-electron chi connectivity index (χ1n) is 6.54. The van der Waals surface area contributed by atoms with E-state index in [1.165, 1.54) is 24.3 Å². The molecule has 5 heteroatoms. The summed E-state index contributed by atoms with van der Waals surface area (Å²) in [5.41, 5.74) is 1.36. The van der Waals surface area contributed by atoms with Gasteiger partial charge in [-0.05, 0) is 36.4 Å². The number of ketones is 1. The maximum absolute atomic E-state index is 12.9. The Morgan fingerprint density at radius 2 is 1.81 bits per heavy atom. The molecule has 110 valence electrons. The molecular weight excluding hydrogens is 273 g/mol. The standard InChI is InChI=1S/C16H16FNO3/c17-12-7-5-11(6-8-12)16(21)14-3-1-2-4-15(14)18-9-13(20)10-19/h1-8,13,18-20H,9-10H2. The largest absolute Gasteiger partial charge is 0.394 e. The van der Waals surface area contributed by atoms with Crippen molar-refractivity contribution in [1.29, 1.82) is 0 Å². The lowest BCUT2D eigenvalue weighted by molar-refractivity contribution is 0.103. The van der Waals surface area contributed by atoms with Gasteiger partial charge in [-0.25, -0.2) is 4.39 Å². The number of benzene rings is 2. The van der Waals surface area contributed by atoms with Crippen LogP contribution in [0.15, 0.2) is 48.5 Å². The summed E-state index contributed by atoms with van der Waals surface area (Å²) in [6, 6.07) is 12.2. The van der Waals surface area contributed by atoms with E-state index >= 15 is 0 Å². The summed E-state index contributed by atoms with van der Waals surface area (Å²) >= 11 is 0. The highest BCUT2D eigenvalue weighted by molar-refractivity contribution is 6.12. The highest BCUT2D eigenvalue weighted by Gasteiger charge is 2.14. The van der Waals surface area contributed by atoms with E-state index in [1.807, 2.05) is 0 Å². The lowest BCUT2D eigenvalue weighted by Crippen LogP contribution is -2.23. The first-order valence-corrected chi connectivity index (χ1v) is 6.54. The van der Waals surface area contributed by atoms with Crippen molar-refractivity contribution in [3.05, 3.63) is 65.5 Å². The fourth-order valence-electron chi connectivity index (χ4n) is 1.88. The molecule has 0 aliphatic carbocycles. The van der Waals surface area contributed by atoms with Gasteiger partial charge >= 0.3 is 0 Å². The van der Waals surface area contributed by atoms with Crippen LogP contribution in [0, 0.1) is 5.82 Å². The predicted octanol–water partition coefficient (Wildman–Crippen LogP) is 1.82. The highest BCUT2D eigenvalue weighted by atomic mass is 19.1. The number of para-hydroxylation sites is 1. The monoisotopic (exact) mass is 289 g/mol. The molecule has 0 saturated heterocycles. The van der Waals surface area contributed by atoms with Crippen molar-refractivity contribution in [2.45, 2.75) is 6.10 Å². The molecule has 3 N–H and O–H groups in total. The van der Waals surface area contributed by atoms with Crippen LogP contribution >= 0.6 is 0 Å². The molecule has 0 aliphatic rings. The minimum atomic E-state index is -0.904. The number of aliphatic hydroxyl groups excluding tert-OH is 2. The van der Waals surface area contributed by atoms with Gasteiger partial charge in [0.25, 0.3) is 0 Å². The quantitative estimate of drug-likeness (QED) is 0.710. The van der Waals surface area contributed by atoms with Gasteiger partial charge in [0.1, 0.15) is 5.82 Å². The number of rotatable bonds is 6. The Labute approximate surface area is 121 Å². The molecule has 2 rings (SSSR count). The first kappa shape index (κ1) is 15.2. The van der Waals surface area contributed by atoms with Crippen LogP contribution in [-0.4, -0.2) is 35.3 Å². The van der Waals surface area contributed by atoms with Crippen LogP contribution < -0.4 is 5.32 Å². The minimum absolute atomic E-state index is 0.129. The van der Waals surface area contributed by atoms with Crippen LogP contribution in [-0.2, 0) is 0 Å². The molecule has 1 atom stereocenters. The van der Waals surface area contributed by atoms with Crippen LogP contribution in [0.4, 0.5) is 10.1 Å². The Morgan fingerprint density at radius 1 is 1.14 bits per heavy atom. The van der Waals surface area contributed by atoms with Crippen LogP contribution in [0.2, 0.25) is 0 Å². The number of aliphatic hydroxyl groups is 2. The van der Waals surface area contributed by atoms with E-state index < -0.39 is 11.9 Å². The number of halogens is 1. The molecule has 0 aliphatic heterocycles. The third kappa shape index (κ3) is 3.87. The molecule has 0 saturated carbocycles. The summed E-state index contributed by atoms with van der Waals surface area (Å²) in [5.74, 6) is -0.638. The topological polar surface area (TPSA) is 69.6 Å². The van der Waals surface area contributed by atoms with E-state index in [1.54, 1.807) is 24.3 Å². The Bertz CT molecular complexity index is 613. The summed E-state index contributed by atoms with van der Waals surface area (Å²) in [4.78, 5) is 12.4. The van der Waals surface area contributed by atoms with Crippen LogP contribution in [0.5, 0.6) is 0 Å². The van der Waals surface area contributed by atoms with Gasteiger partial charge in [0.2, 0.25) is 0 Å². The van der Waals surface area contributed by atoms with E-state index in [4.69, 9.17) is 5.11 Å². The minimum Gasteiger partial charge on any atom is -0.394 e. The van der Waals surface area contributed by atoms with E-state index in [9.17, 15) is 14.3 Å². The van der Waals surface area contributed by atoms with E-state index in [-0.39, 0.29) is 18.9 Å². The van der Waals surface area contributed by atoms with Crippen molar-refractivity contribution in [2.24, 2.45) is 0 Å². The Morgan fingerprint density at radius 3 is 2.48 bits per heavy atom. The van der Waals surface area contributed by atoms with E-state index in [0.29, 0.717) is 16.8 Å². The van der Waals surface area contributed by atoms with Crippen molar-refractivity contribution >= 4 is 11.5 Å². The lowest BCUT2D eigenvalue weighted by Gasteiger charge is -2.13. The van der Waals surface area contributed by atoms with Gasteiger partial charge < -0.3 is 15.5 Å². The normalized spacial score (nSPS) is 12.0. The van der Waals surface area contributed by atoms with Gasteiger partial charge in [-0.3, -0.25) is 4.79 Å². The van der Waals surface area contributed by atoms with Gasteiger partial charge in [0.05, 0.1) is 12.7 Å². The van der Waals surface area contributed by atoms with Crippen LogP contribution in [0.3, 0.4) is 0 Å². The average molecular weight is 289 g/mol. The molecule has 0 bridgehead atoms. The summed E-state index contributed by atoms with van der Waals surface area (Å²) in [7, 11) is 0. The molecule has 0 amide bonds. The van der Waals surface area contributed by atoms with Crippen molar-refractivity contribution in [1.82, 2.24) is 0 Å². The lowest BCUT2D eigenvalue weighted by atomic mass is 10.0. The van der Waals surface area contributed by atoms with Gasteiger partial charge in [0, 0.05) is 23.4 Å². The molecular formula is C16H16FNO3. The second-order valence-corrected chi connectivity index (χ2v) is 4.60. The van der Waals surface area contributed by atoms with Gasteiger partial charge in [-0.2, -0.15) is 0 Å². The molecule has 0 heterocycles. The Balaban J connectivity index is 2.22. The van der Waals surface area contributed by atoms with Crippen molar-refractivity contribution < 1.29 is 19.4 Å². The SMILES string of the molecule is O=C(c1ccc(F)cc1)c1ccccc1NCC(O)CO. The summed E-state index contributed by atoms with van der Waals surface area (Å²) in [6.07, 6.45) is -0.904. The molecule has 1 unspecified atom stereocenters. The molecule has 0 aromatic heterocycles.